The molecule has 320 valence electrons. The minimum absolute atomic E-state index is 0.00634. The lowest BCUT2D eigenvalue weighted by Gasteiger charge is -2.43. The highest BCUT2D eigenvalue weighted by atomic mass is 16.7. The van der Waals surface area contributed by atoms with Crippen molar-refractivity contribution in [3.63, 3.8) is 0 Å². The molecule has 61 heavy (non-hydrogen) atoms. The van der Waals surface area contributed by atoms with Crippen LogP contribution in [0.2, 0.25) is 0 Å². The van der Waals surface area contributed by atoms with Gasteiger partial charge < -0.3 is 28.6 Å². The summed E-state index contributed by atoms with van der Waals surface area (Å²) >= 11 is 0. The molecule has 13 nitrogen and oxygen atoms in total. The number of cyclic esters (lactones) is 1. The highest BCUT2D eigenvalue weighted by Gasteiger charge is 2.53. The Balaban J connectivity index is 1.19. The van der Waals surface area contributed by atoms with Gasteiger partial charge in [0, 0.05) is 40.6 Å². The van der Waals surface area contributed by atoms with Crippen LogP contribution < -0.4 is 4.74 Å². The molecule has 0 radical (unpaired) electrons. The second kappa shape index (κ2) is 16.7. The summed E-state index contributed by atoms with van der Waals surface area (Å²) in [4.78, 5) is 78.1. The number of hydrogen-bond donors (Lipinski definition) is 0. The number of rotatable bonds is 10. The molecule has 3 aliphatic heterocycles. The molecule has 13 heteroatoms. The van der Waals surface area contributed by atoms with Crippen molar-refractivity contribution < 1.29 is 47.7 Å². The fourth-order valence-electron chi connectivity index (χ4n) is 8.11. The van der Waals surface area contributed by atoms with E-state index in [0.717, 1.165) is 64.0 Å². The van der Waals surface area contributed by atoms with Crippen LogP contribution in [0, 0.1) is 0 Å². The number of nitrogens with zero attached hydrogens (tertiary/aromatic N) is 3. The molecule has 0 unspecified atom stereocenters. The van der Waals surface area contributed by atoms with Crippen molar-refractivity contribution in [2.45, 2.75) is 130 Å². The molecular weight excluding hydrogens is 779 g/mol. The fourth-order valence-corrected chi connectivity index (χ4v) is 8.11. The summed E-state index contributed by atoms with van der Waals surface area (Å²) in [6.45, 7) is 14.9. The van der Waals surface area contributed by atoms with Crippen LogP contribution in [0.1, 0.15) is 116 Å². The lowest BCUT2D eigenvalue weighted by atomic mass is 9.78. The number of ether oxygens (including phenoxy) is 5. The minimum atomic E-state index is -1.79. The van der Waals surface area contributed by atoms with E-state index in [1.54, 1.807) is 54.5 Å². The van der Waals surface area contributed by atoms with Gasteiger partial charge in [-0.1, -0.05) is 44.2 Å². The second-order valence-electron chi connectivity index (χ2n) is 17.7. The van der Waals surface area contributed by atoms with Crippen LogP contribution in [0.15, 0.2) is 82.0 Å². The number of aliphatic imine (C=N–C) groups is 1. The van der Waals surface area contributed by atoms with Crippen LogP contribution in [-0.4, -0.2) is 69.0 Å². The molecule has 1 amide bonds. The number of esters is 3. The summed E-state index contributed by atoms with van der Waals surface area (Å²) < 4.78 is 28.5. The van der Waals surface area contributed by atoms with Crippen LogP contribution in [0.5, 0.6) is 5.75 Å². The summed E-state index contributed by atoms with van der Waals surface area (Å²) in [6, 6.07) is 14.4. The number of pyridine rings is 1. The standard InChI is InChI=1S/C48H53N3O10/c1-9-31-32-24-30(58-45(56)61-47(6,7)8)19-20-36(32)50-41-33(31)26-51-38(41)25-35-34(42(51)29-17-14-18-29)27-57-44(55)48(35,10-2)59-40(53)22-21-39(52)49-37(43(54)60-46(3,4)5)23-28-15-12-11-13-16-28/h11-13,15-16,19-20,24-25H,9-10,14,17-18,21-23,26-27H2,1-8H3/t48-/m0/s1. The van der Waals surface area contributed by atoms with Gasteiger partial charge in [0.15, 0.2) is 0 Å². The molecule has 3 aromatic rings. The third kappa shape index (κ3) is 9.01. The molecule has 1 aromatic heterocycles. The van der Waals surface area contributed by atoms with Gasteiger partial charge in [-0.05, 0) is 115 Å². The van der Waals surface area contributed by atoms with Crippen LogP contribution in [0.3, 0.4) is 0 Å². The molecular formula is C48H53N3O10. The van der Waals surface area contributed by atoms with Gasteiger partial charge in [0.25, 0.3) is 0 Å². The van der Waals surface area contributed by atoms with Gasteiger partial charge in [-0.2, -0.15) is 0 Å². The maximum Gasteiger partial charge on any atom is 0.514 e. The van der Waals surface area contributed by atoms with E-state index >= 15 is 0 Å². The SMILES string of the molecule is CCc1c2c(nc3ccc(OC(=O)OC(C)(C)C)cc13)C1=CC3=C(COC(=O)[C@@]3(CC)OC(=O)CCC(=O)N=C(Cc3ccccc3)C(=O)OC(C)(C)C)C(=C3CCC3)N1C2. The van der Waals surface area contributed by atoms with E-state index in [4.69, 9.17) is 28.7 Å². The normalized spacial score (nSPS) is 18.7. The molecule has 1 saturated carbocycles. The average Bonchev–Trinajstić information content (AvgIpc) is 3.53. The smallest absolute Gasteiger partial charge is 0.457 e. The summed E-state index contributed by atoms with van der Waals surface area (Å²) in [7, 11) is 0. The molecule has 0 N–H and O–H groups in total. The molecule has 0 saturated heterocycles. The van der Waals surface area contributed by atoms with Gasteiger partial charge in [-0.15, -0.1) is 0 Å². The topological polar surface area (TPSA) is 160 Å². The fraction of sp³-hybridized carbons (Fsp3) is 0.438. The number of carbonyl (C=O) groups is 5. The van der Waals surface area contributed by atoms with Crippen molar-refractivity contribution in [1.29, 1.82) is 0 Å². The van der Waals surface area contributed by atoms with E-state index in [-0.39, 0.29) is 38.0 Å². The zero-order valence-electron chi connectivity index (χ0n) is 36.2. The predicted molar refractivity (Wildman–Crippen MR) is 227 cm³/mol. The zero-order chi connectivity index (χ0) is 43.9. The average molecular weight is 832 g/mol. The molecule has 1 atom stereocenters. The first-order valence-electron chi connectivity index (χ1n) is 21.0. The summed E-state index contributed by atoms with van der Waals surface area (Å²) in [5.41, 5.74) is 5.16. The number of allylic oxidation sites excluding steroid dienone is 1. The molecule has 7 rings (SSSR count). The number of amides is 1. The number of carbonyl (C=O) groups excluding carboxylic acids is 5. The van der Waals surface area contributed by atoms with E-state index in [2.05, 4.69) is 16.8 Å². The Morgan fingerprint density at radius 3 is 2.30 bits per heavy atom. The van der Waals surface area contributed by atoms with Gasteiger partial charge in [0.05, 0.1) is 29.9 Å². The van der Waals surface area contributed by atoms with E-state index < -0.39 is 46.8 Å². The van der Waals surface area contributed by atoms with Crippen molar-refractivity contribution in [2.24, 2.45) is 4.99 Å². The number of aromatic nitrogens is 1. The Hall–Kier alpha value is -6.11. The number of benzene rings is 2. The van der Waals surface area contributed by atoms with Crippen LogP contribution in [-0.2, 0) is 57.5 Å². The Morgan fingerprint density at radius 1 is 0.934 bits per heavy atom. The van der Waals surface area contributed by atoms with E-state index in [1.165, 1.54) is 5.57 Å². The summed E-state index contributed by atoms with van der Waals surface area (Å²) in [6.07, 6.45) is 3.94. The maximum absolute atomic E-state index is 13.9. The Morgan fingerprint density at radius 2 is 1.66 bits per heavy atom. The van der Waals surface area contributed by atoms with Crippen molar-refractivity contribution in [3.8, 4) is 5.75 Å². The maximum atomic E-state index is 13.9. The molecule has 0 spiro atoms. The first kappa shape index (κ1) is 43.0. The Kier molecular flexibility index (Phi) is 11.8. The molecule has 1 fully saturated rings. The van der Waals surface area contributed by atoms with E-state index in [1.807, 2.05) is 48.5 Å². The summed E-state index contributed by atoms with van der Waals surface area (Å²) in [5.74, 6) is -2.56. The van der Waals surface area contributed by atoms with Gasteiger partial charge >= 0.3 is 24.1 Å². The summed E-state index contributed by atoms with van der Waals surface area (Å²) in [5, 5.41) is 0.853. The van der Waals surface area contributed by atoms with E-state index in [0.29, 0.717) is 29.8 Å². The quantitative estimate of drug-likeness (QED) is 0.0830. The molecule has 4 aliphatic rings. The number of aryl methyl sites for hydroxylation is 1. The number of fused-ring (bicyclic) bond motifs is 4. The highest BCUT2D eigenvalue weighted by molar-refractivity contribution is 6.38. The van der Waals surface area contributed by atoms with Crippen LogP contribution >= 0.6 is 0 Å². The molecule has 0 bridgehead atoms. The van der Waals surface area contributed by atoms with Crippen LogP contribution in [0.4, 0.5) is 4.79 Å². The van der Waals surface area contributed by atoms with Crippen LogP contribution in [0.25, 0.3) is 16.6 Å². The van der Waals surface area contributed by atoms with Gasteiger partial charge in [0.2, 0.25) is 11.5 Å². The number of hydrogen-bond acceptors (Lipinski definition) is 12. The van der Waals surface area contributed by atoms with Gasteiger partial charge in [0.1, 0.15) is 29.3 Å². The van der Waals surface area contributed by atoms with Gasteiger partial charge in [-0.3, -0.25) is 9.59 Å². The third-order valence-corrected chi connectivity index (χ3v) is 11.0. The van der Waals surface area contributed by atoms with Crippen molar-refractivity contribution >= 4 is 52.3 Å². The monoisotopic (exact) mass is 831 g/mol. The minimum Gasteiger partial charge on any atom is -0.457 e. The van der Waals surface area contributed by atoms with Crippen molar-refractivity contribution in [3.05, 3.63) is 99.4 Å². The second-order valence-corrected chi connectivity index (χ2v) is 17.7. The lowest BCUT2D eigenvalue weighted by molar-refractivity contribution is -0.179. The van der Waals surface area contributed by atoms with Crippen molar-refractivity contribution in [2.75, 3.05) is 6.61 Å². The largest absolute Gasteiger partial charge is 0.514 e. The van der Waals surface area contributed by atoms with E-state index in [9.17, 15) is 24.0 Å². The zero-order valence-corrected chi connectivity index (χ0v) is 36.2. The Labute approximate surface area is 355 Å². The molecule has 1 aliphatic carbocycles. The van der Waals surface area contributed by atoms with Crippen molar-refractivity contribution in [1.82, 2.24) is 9.88 Å². The Bertz CT molecular complexity index is 2440. The molecule has 4 heterocycles. The lowest BCUT2D eigenvalue weighted by Crippen LogP contribution is -2.50. The predicted octanol–water partition coefficient (Wildman–Crippen LogP) is 8.60. The first-order chi connectivity index (χ1) is 28.9. The first-order valence-corrected chi connectivity index (χ1v) is 21.0. The third-order valence-electron chi connectivity index (χ3n) is 11.0. The highest BCUT2D eigenvalue weighted by Crippen LogP contribution is 2.51. The van der Waals surface area contributed by atoms with Gasteiger partial charge in [-0.25, -0.2) is 24.4 Å². The molecule has 2 aromatic carbocycles.